The zero-order valence-corrected chi connectivity index (χ0v) is 12.3. The summed E-state index contributed by atoms with van der Waals surface area (Å²) in [4.78, 5) is 0. The molecule has 2 aromatic rings. The van der Waals surface area contributed by atoms with E-state index in [2.05, 4.69) is 10.9 Å². The Bertz CT molecular complexity index is 662. The normalized spacial score (nSPS) is 20.3. The summed E-state index contributed by atoms with van der Waals surface area (Å²) in [6, 6.07) is 14.6. The number of nitrogen functional groups attached to an aromatic ring is 2. The Morgan fingerprint density at radius 3 is 1.39 bits per heavy atom. The first-order valence-corrected chi connectivity index (χ1v) is 7.10. The van der Waals surface area contributed by atoms with Gasteiger partial charge < -0.3 is 16.2 Å². The number of amidine groups is 2. The van der Waals surface area contributed by atoms with Gasteiger partial charge in [-0.3, -0.25) is 10.8 Å². The van der Waals surface area contributed by atoms with Gasteiger partial charge in [-0.15, -0.1) is 0 Å². The van der Waals surface area contributed by atoms with E-state index in [9.17, 15) is 0 Å². The molecule has 0 saturated carbocycles. The largest absolute Gasteiger partial charge is 0.384 e. The van der Waals surface area contributed by atoms with Crippen LogP contribution in [-0.2, 0) is 4.74 Å². The predicted molar refractivity (Wildman–Crippen MR) is 87.8 cm³/mol. The quantitative estimate of drug-likeness (QED) is 0.371. The highest BCUT2D eigenvalue weighted by molar-refractivity contribution is 5.95. The molecule has 1 heterocycles. The van der Waals surface area contributed by atoms with Gasteiger partial charge in [-0.25, -0.2) is 10.9 Å². The first-order chi connectivity index (χ1) is 11.0. The van der Waals surface area contributed by atoms with Crippen molar-refractivity contribution in [3.05, 3.63) is 70.8 Å². The zero-order chi connectivity index (χ0) is 16.4. The molecule has 0 spiro atoms. The Morgan fingerprint density at radius 2 is 1.09 bits per heavy atom. The van der Waals surface area contributed by atoms with Gasteiger partial charge in [0.1, 0.15) is 24.1 Å². The van der Waals surface area contributed by atoms with Gasteiger partial charge in [-0.05, 0) is 11.1 Å². The van der Waals surface area contributed by atoms with Crippen molar-refractivity contribution in [2.75, 3.05) is 0 Å². The van der Waals surface area contributed by atoms with Gasteiger partial charge in [0, 0.05) is 11.1 Å². The number of hydrogen-bond acceptors (Lipinski definition) is 5. The van der Waals surface area contributed by atoms with E-state index in [-0.39, 0.29) is 24.1 Å². The van der Waals surface area contributed by atoms with Crippen molar-refractivity contribution in [2.24, 2.45) is 11.5 Å². The second-order valence-electron chi connectivity index (χ2n) is 5.26. The summed E-state index contributed by atoms with van der Waals surface area (Å²) in [6.07, 6.45) is -0.595. The summed E-state index contributed by atoms with van der Waals surface area (Å²) in [7, 11) is 0. The van der Waals surface area contributed by atoms with E-state index in [1.165, 1.54) is 0 Å². The molecular weight excluding hydrogens is 292 g/mol. The van der Waals surface area contributed by atoms with Gasteiger partial charge in [0.25, 0.3) is 0 Å². The lowest BCUT2D eigenvalue weighted by molar-refractivity contribution is 0.0341. The van der Waals surface area contributed by atoms with Crippen LogP contribution in [0.3, 0.4) is 0 Å². The van der Waals surface area contributed by atoms with E-state index in [4.69, 9.17) is 27.0 Å². The first-order valence-electron chi connectivity index (χ1n) is 7.10. The number of benzene rings is 2. The lowest BCUT2D eigenvalue weighted by Gasteiger charge is -2.13. The van der Waals surface area contributed by atoms with E-state index in [0.29, 0.717) is 11.1 Å². The Morgan fingerprint density at radius 1 is 0.739 bits per heavy atom. The maximum Gasteiger partial charge on any atom is 0.149 e. The van der Waals surface area contributed by atoms with Crippen molar-refractivity contribution in [1.82, 2.24) is 10.9 Å². The molecule has 23 heavy (non-hydrogen) atoms. The van der Waals surface area contributed by atoms with E-state index in [1.54, 1.807) is 24.3 Å². The van der Waals surface area contributed by atoms with E-state index < -0.39 is 0 Å². The van der Waals surface area contributed by atoms with E-state index >= 15 is 0 Å². The van der Waals surface area contributed by atoms with Crippen LogP contribution in [0.2, 0.25) is 0 Å². The second kappa shape index (κ2) is 6.17. The highest BCUT2D eigenvalue weighted by atomic mass is 16.5. The molecule has 1 saturated heterocycles. The van der Waals surface area contributed by atoms with Crippen LogP contribution in [0, 0.1) is 10.8 Å². The van der Waals surface area contributed by atoms with Crippen molar-refractivity contribution in [1.29, 1.82) is 10.8 Å². The number of hydrogen-bond donors (Lipinski definition) is 6. The van der Waals surface area contributed by atoms with Crippen LogP contribution in [-0.4, -0.2) is 11.7 Å². The van der Waals surface area contributed by atoms with Crippen LogP contribution < -0.4 is 22.3 Å². The summed E-state index contributed by atoms with van der Waals surface area (Å²) in [5.41, 5.74) is 20.3. The highest BCUT2D eigenvalue weighted by Crippen LogP contribution is 2.27. The van der Waals surface area contributed by atoms with Gasteiger partial charge >= 0.3 is 0 Å². The Kier molecular flexibility index (Phi) is 4.07. The smallest absolute Gasteiger partial charge is 0.149 e. The molecular formula is C16H18N6O. The molecule has 2 aromatic carbocycles. The molecule has 2 unspecified atom stereocenters. The molecule has 0 amide bonds. The lowest BCUT2D eigenvalue weighted by Crippen LogP contribution is -2.26. The van der Waals surface area contributed by atoms with Gasteiger partial charge in [-0.1, -0.05) is 48.5 Å². The summed E-state index contributed by atoms with van der Waals surface area (Å²) >= 11 is 0. The third-order valence-corrected chi connectivity index (χ3v) is 3.67. The molecule has 1 fully saturated rings. The Hall–Kier alpha value is -2.74. The fourth-order valence-corrected chi connectivity index (χ4v) is 2.35. The summed E-state index contributed by atoms with van der Waals surface area (Å²) in [5, 5.41) is 14.8. The lowest BCUT2D eigenvalue weighted by atomic mass is 10.1. The fraction of sp³-hybridized carbons (Fsp3) is 0.125. The molecule has 0 aromatic heterocycles. The summed E-state index contributed by atoms with van der Waals surface area (Å²) in [6.45, 7) is 0. The molecule has 7 nitrogen and oxygen atoms in total. The minimum Gasteiger partial charge on any atom is -0.384 e. The van der Waals surface area contributed by atoms with Crippen molar-refractivity contribution in [3.8, 4) is 0 Å². The maximum absolute atomic E-state index is 7.40. The van der Waals surface area contributed by atoms with Crippen LogP contribution in [0.25, 0.3) is 0 Å². The fourth-order valence-electron chi connectivity index (χ4n) is 2.35. The number of ether oxygens (including phenoxy) is 1. The van der Waals surface area contributed by atoms with Crippen LogP contribution in [0.5, 0.6) is 0 Å². The van der Waals surface area contributed by atoms with Crippen molar-refractivity contribution in [3.63, 3.8) is 0 Å². The third-order valence-electron chi connectivity index (χ3n) is 3.67. The molecule has 1 aliphatic rings. The number of nitrogens with two attached hydrogens (primary N) is 2. The van der Waals surface area contributed by atoms with Crippen LogP contribution >= 0.6 is 0 Å². The predicted octanol–water partition coefficient (Wildman–Crippen LogP) is 1.08. The maximum atomic E-state index is 7.40. The molecule has 3 rings (SSSR count). The van der Waals surface area contributed by atoms with Gasteiger partial charge in [-0.2, -0.15) is 0 Å². The molecule has 118 valence electrons. The molecule has 2 atom stereocenters. The van der Waals surface area contributed by atoms with Crippen molar-refractivity contribution < 1.29 is 4.74 Å². The zero-order valence-electron chi connectivity index (χ0n) is 12.3. The molecule has 1 aliphatic heterocycles. The average molecular weight is 310 g/mol. The van der Waals surface area contributed by atoms with Crippen molar-refractivity contribution in [2.45, 2.75) is 12.5 Å². The van der Waals surface area contributed by atoms with E-state index in [1.807, 2.05) is 24.3 Å². The summed E-state index contributed by atoms with van der Waals surface area (Å²) < 4.78 is 5.94. The molecule has 0 aliphatic carbocycles. The summed E-state index contributed by atoms with van der Waals surface area (Å²) in [5.74, 6) is 0.0804. The minimum atomic E-state index is -0.298. The molecule has 7 heteroatoms. The Labute approximate surface area is 133 Å². The van der Waals surface area contributed by atoms with Crippen molar-refractivity contribution >= 4 is 11.7 Å². The van der Waals surface area contributed by atoms with Gasteiger partial charge in [0.2, 0.25) is 0 Å². The SMILES string of the molecule is N=C(N)c1ccc(C2NNC(c3ccc(C(=N)N)cc3)O2)cc1. The monoisotopic (exact) mass is 310 g/mol. The number of rotatable bonds is 4. The minimum absolute atomic E-state index is 0.0402. The standard InChI is InChI=1S/C16H18N6O/c17-13(18)9-1-5-11(6-2-9)15-21-22-16(23-15)12-7-3-10(4-8-12)14(19)20/h1-8,15-16,21-22H,(H3,17,18)(H3,19,20). The molecule has 8 N–H and O–H groups in total. The molecule has 0 radical (unpaired) electrons. The van der Waals surface area contributed by atoms with Crippen LogP contribution in [0.1, 0.15) is 34.7 Å². The second-order valence-corrected chi connectivity index (χ2v) is 5.26. The third kappa shape index (κ3) is 3.21. The number of hydrazine groups is 1. The topological polar surface area (TPSA) is 133 Å². The van der Waals surface area contributed by atoms with Crippen LogP contribution in [0.4, 0.5) is 0 Å². The van der Waals surface area contributed by atoms with E-state index in [0.717, 1.165) is 11.1 Å². The molecule has 0 bridgehead atoms. The average Bonchev–Trinajstić information content (AvgIpc) is 3.05. The first kappa shape index (κ1) is 15.2. The number of nitrogens with one attached hydrogen (secondary N) is 4. The van der Waals surface area contributed by atoms with Gasteiger partial charge in [0.15, 0.2) is 0 Å². The highest BCUT2D eigenvalue weighted by Gasteiger charge is 2.26. The van der Waals surface area contributed by atoms with Crippen LogP contribution in [0.15, 0.2) is 48.5 Å². The Balaban J connectivity index is 1.70. The van der Waals surface area contributed by atoms with Gasteiger partial charge in [0.05, 0.1) is 0 Å².